The fraction of sp³-hybridized carbons (Fsp3) is 0.500. The Labute approximate surface area is 167 Å². The van der Waals surface area contributed by atoms with Crippen molar-refractivity contribution in [3.8, 4) is 17.1 Å². The molecule has 0 spiro atoms. The van der Waals surface area contributed by atoms with Crippen molar-refractivity contribution in [2.75, 3.05) is 13.2 Å². The van der Waals surface area contributed by atoms with E-state index in [1.807, 2.05) is 13.8 Å². The maximum absolute atomic E-state index is 14.2. The van der Waals surface area contributed by atoms with Gasteiger partial charge >= 0.3 is 0 Å². The molecule has 0 radical (unpaired) electrons. The van der Waals surface area contributed by atoms with E-state index in [-0.39, 0.29) is 11.8 Å². The van der Waals surface area contributed by atoms with Crippen LogP contribution in [0.4, 0.5) is 4.39 Å². The van der Waals surface area contributed by atoms with Crippen LogP contribution in [0.15, 0.2) is 22.7 Å². The van der Waals surface area contributed by atoms with Gasteiger partial charge in [-0.1, -0.05) is 5.16 Å². The fourth-order valence-corrected chi connectivity index (χ4v) is 3.82. The molecule has 2 aromatic heterocycles. The number of fused-ring (bicyclic) bond motifs is 1. The Morgan fingerprint density at radius 3 is 2.90 bits per heavy atom. The highest BCUT2D eigenvalue weighted by atomic mass is 19.1. The standard InChI is InChI=1S/C20H23FN6O2/c1-3-28-17-7-6-14(8-15(17)21)19-22-20(29-25-19)16-10-27-12(2)23-24-18(27)11-26(16)9-13-4-5-13/h6-8,13,16H,3-5,9-11H2,1-2H3. The first-order chi connectivity index (χ1) is 14.1. The van der Waals surface area contributed by atoms with Gasteiger partial charge in [0.15, 0.2) is 11.6 Å². The number of aryl methyl sites for hydroxylation is 1. The molecule has 1 unspecified atom stereocenters. The average Bonchev–Trinajstić information content (AvgIpc) is 3.26. The lowest BCUT2D eigenvalue weighted by atomic mass is 10.1. The van der Waals surface area contributed by atoms with Gasteiger partial charge in [-0.2, -0.15) is 4.98 Å². The zero-order valence-corrected chi connectivity index (χ0v) is 16.5. The summed E-state index contributed by atoms with van der Waals surface area (Å²) in [6, 6.07) is 4.67. The molecule has 0 amide bonds. The van der Waals surface area contributed by atoms with Gasteiger partial charge in [0.05, 0.1) is 19.7 Å². The van der Waals surface area contributed by atoms with Crippen LogP contribution in [0.2, 0.25) is 0 Å². The predicted molar refractivity (Wildman–Crippen MR) is 101 cm³/mol. The molecule has 3 heterocycles. The first-order valence-corrected chi connectivity index (χ1v) is 10.0. The molecule has 1 aliphatic carbocycles. The van der Waals surface area contributed by atoms with Crippen LogP contribution >= 0.6 is 0 Å². The quantitative estimate of drug-likeness (QED) is 0.631. The lowest BCUT2D eigenvalue weighted by Crippen LogP contribution is -2.38. The average molecular weight is 398 g/mol. The van der Waals surface area contributed by atoms with Crippen LogP contribution < -0.4 is 4.74 Å². The predicted octanol–water partition coefficient (Wildman–Crippen LogP) is 3.14. The molecule has 1 saturated carbocycles. The van der Waals surface area contributed by atoms with Gasteiger partial charge in [-0.15, -0.1) is 10.2 Å². The van der Waals surface area contributed by atoms with E-state index >= 15 is 0 Å². The van der Waals surface area contributed by atoms with Crippen LogP contribution in [0.5, 0.6) is 5.75 Å². The van der Waals surface area contributed by atoms with Gasteiger partial charge in [0.2, 0.25) is 11.7 Å². The van der Waals surface area contributed by atoms with Crippen molar-refractivity contribution in [1.29, 1.82) is 0 Å². The van der Waals surface area contributed by atoms with Crippen molar-refractivity contribution in [2.24, 2.45) is 5.92 Å². The summed E-state index contributed by atoms with van der Waals surface area (Å²) in [5, 5.41) is 12.6. The second-order valence-electron chi connectivity index (χ2n) is 7.70. The van der Waals surface area contributed by atoms with E-state index < -0.39 is 5.82 Å². The lowest BCUT2D eigenvalue weighted by molar-refractivity contribution is 0.102. The van der Waals surface area contributed by atoms with E-state index in [2.05, 4.69) is 29.8 Å². The molecule has 1 atom stereocenters. The highest BCUT2D eigenvalue weighted by Crippen LogP contribution is 2.36. The van der Waals surface area contributed by atoms with Crippen LogP contribution in [0.25, 0.3) is 11.4 Å². The summed E-state index contributed by atoms with van der Waals surface area (Å²) in [7, 11) is 0. The van der Waals surface area contributed by atoms with E-state index in [4.69, 9.17) is 9.26 Å². The first kappa shape index (κ1) is 18.2. The van der Waals surface area contributed by atoms with Gasteiger partial charge in [0, 0.05) is 12.1 Å². The minimum atomic E-state index is -0.437. The number of benzene rings is 1. The molecule has 152 valence electrons. The molecular weight excluding hydrogens is 375 g/mol. The SMILES string of the molecule is CCOc1ccc(-c2noc(C3Cn4c(C)nnc4CN3CC3CC3)n2)cc1F. The topological polar surface area (TPSA) is 82.1 Å². The Bertz CT molecular complexity index is 1030. The third-order valence-corrected chi connectivity index (χ3v) is 5.56. The number of rotatable bonds is 6. The Balaban J connectivity index is 1.43. The summed E-state index contributed by atoms with van der Waals surface area (Å²) in [6.45, 7) is 6.53. The van der Waals surface area contributed by atoms with Gasteiger partial charge in [-0.25, -0.2) is 4.39 Å². The van der Waals surface area contributed by atoms with Crippen molar-refractivity contribution in [3.05, 3.63) is 41.6 Å². The molecular formula is C20H23FN6O2. The van der Waals surface area contributed by atoms with Gasteiger partial charge in [-0.05, 0) is 50.8 Å². The summed E-state index contributed by atoms with van der Waals surface area (Å²) >= 11 is 0. The van der Waals surface area contributed by atoms with Crippen LogP contribution in [0.3, 0.4) is 0 Å². The first-order valence-electron chi connectivity index (χ1n) is 10.0. The maximum Gasteiger partial charge on any atom is 0.246 e. The molecule has 2 aliphatic rings. The van der Waals surface area contributed by atoms with Crippen LogP contribution in [-0.4, -0.2) is 43.0 Å². The molecule has 9 heteroatoms. The zero-order chi connectivity index (χ0) is 20.0. The number of nitrogens with zero attached hydrogens (tertiary/aromatic N) is 6. The molecule has 3 aromatic rings. The summed E-state index contributed by atoms with van der Waals surface area (Å²) in [5.41, 5.74) is 0.562. The number of hydrogen-bond donors (Lipinski definition) is 0. The second-order valence-corrected chi connectivity index (χ2v) is 7.70. The highest BCUT2D eigenvalue weighted by molar-refractivity contribution is 5.56. The smallest absolute Gasteiger partial charge is 0.246 e. The summed E-state index contributed by atoms with van der Waals surface area (Å²) in [4.78, 5) is 6.95. The largest absolute Gasteiger partial charge is 0.491 e. The van der Waals surface area contributed by atoms with Gasteiger partial charge in [-0.3, -0.25) is 4.90 Å². The zero-order valence-electron chi connectivity index (χ0n) is 16.5. The van der Waals surface area contributed by atoms with Gasteiger partial charge < -0.3 is 13.8 Å². The lowest BCUT2D eigenvalue weighted by Gasteiger charge is -2.33. The van der Waals surface area contributed by atoms with Crippen molar-refractivity contribution in [2.45, 2.75) is 45.8 Å². The fourth-order valence-electron chi connectivity index (χ4n) is 3.82. The minimum Gasteiger partial charge on any atom is -0.491 e. The molecule has 1 aliphatic heterocycles. The minimum absolute atomic E-state index is 0.0494. The number of aromatic nitrogens is 5. The number of halogens is 1. The molecule has 8 nitrogen and oxygen atoms in total. The van der Waals surface area contributed by atoms with E-state index in [1.165, 1.54) is 18.9 Å². The molecule has 29 heavy (non-hydrogen) atoms. The van der Waals surface area contributed by atoms with Crippen molar-refractivity contribution < 1.29 is 13.7 Å². The monoisotopic (exact) mass is 398 g/mol. The highest BCUT2D eigenvalue weighted by Gasteiger charge is 2.36. The Kier molecular flexibility index (Phi) is 4.54. The molecule has 0 bridgehead atoms. The van der Waals surface area contributed by atoms with Crippen molar-refractivity contribution in [1.82, 2.24) is 29.8 Å². The summed E-state index contributed by atoms with van der Waals surface area (Å²) in [5.74, 6) is 3.26. The summed E-state index contributed by atoms with van der Waals surface area (Å²) < 4.78 is 27.2. The molecule has 1 aromatic carbocycles. The maximum atomic E-state index is 14.2. The molecule has 0 saturated heterocycles. The molecule has 0 N–H and O–H groups in total. The van der Waals surface area contributed by atoms with Crippen LogP contribution in [0, 0.1) is 18.7 Å². The third kappa shape index (κ3) is 3.50. The van der Waals surface area contributed by atoms with E-state index in [1.54, 1.807) is 12.1 Å². The van der Waals surface area contributed by atoms with Crippen molar-refractivity contribution >= 4 is 0 Å². The third-order valence-electron chi connectivity index (χ3n) is 5.56. The number of hydrogen-bond acceptors (Lipinski definition) is 7. The van der Waals surface area contributed by atoms with Crippen molar-refractivity contribution in [3.63, 3.8) is 0 Å². The van der Waals surface area contributed by atoms with E-state index in [9.17, 15) is 4.39 Å². The second kappa shape index (κ2) is 7.22. The Morgan fingerprint density at radius 2 is 2.14 bits per heavy atom. The van der Waals surface area contributed by atoms with Crippen LogP contribution in [0.1, 0.15) is 43.3 Å². The van der Waals surface area contributed by atoms with Gasteiger partial charge in [0.1, 0.15) is 17.7 Å². The van der Waals surface area contributed by atoms with Crippen LogP contribution in [-0.2, 0) is 13.1 Å². The van der Waals surface area contributed by atoms with E-state index in [0.29, 0.717) is 37.0 Å². The summed E-state index contributed by atoms with van der Waals surface area (Å²) in [6.07, 6.45) is 2.52. The Morgan fingerprint density at radius 1 is 1.28 bits per heavy atom. The van der Waals surface area contributed by atoms with E-state index in [0.717, 1.165) is 24.1 Å². The number of ether oxygens (including phenoxy) is 1. The molecule has 5 rings (SSSR count). The van der Waals surface area contributed by atoms with Gasteiger partial charge in [0.25, 0.3) is 0 Å². The Hall–Kier alpha value is -2.81. The normalized spacial score (nSPS) is 19.3. The molecule has 1 fully saturated rings.